The van der Waals surface area contributed by atoms with E-state index in [0.717, 1.165) is 28.3 Å². The number of rotatable bonds is 8. The second kappa shape index (κ2) is 11.2. The van der Waals surface area contributed by atoms with Crippen LogP contribution >= 0.6 is 23.2 Å². The zero-order chi connectivity index (χ0) is 27.6. The second-order valence-corrected chi connectivity index (χ2v) is 9.68. The molecule has 9 heteroatoms. The lowest BCUT2D eigenvalue weighted by molar-refractivity contribution is -0.274. The van der Waals surface area contributed by atoms with Crippen LogP contribution in [-0.2, 0) is 13.0 Å². The van der Waals surface area contributed by atoms with Crippen molar-refractivity contribution in [2.45, 2.75) is 32.7 Å². The van der Waals surface area contributed by atoms with Gasteiger partial charge in [0.1, 0.15) is 29.6 Å². The molecule has 1 heterocycles. The highest BCUT2D eigenvalue weighted by atomic mass is 35.5. The molecule has 0 saturated heterocycles. The van der Waals surface area contributed by atoms with Gasteiger partial charge in [-0.05, 0) is 70.8 Å². The molecule has 5 rings (SSSR count). The number of fused-ring (bicyclic) bond motifs is 1. The molecule has 0 unspecified atom stereocenters. The summed E-state index contributed by atoms with van der Waals surface area (Å²) < 4.78 is 53.7. The highest BCUT2D eigenvalue weighted by Crippen LogP contribution is 2.38. The molecular formula is C30H22Cl2F3NO3. The molecule has 0 N–H and O–H groups in total. The molecule has 5 aromatic rings. The predicted octanol–water partition coefficient (Wildman–Crippen LogP) is 9.90. The van der Waals surface area contributed by atoms with E-state index < -0.39 is 6.36 Å². The minimum absolute atomic E-state index is 0.200. The first-order valence-electron chi connectivity index (χ1n) is 12.2. The first-order valence-corrected chi connectivity index (χ1v) is 12.9. The SMILES string of the molecule is CCCc1onc(-c2c(Cl)cccc2Cl)c1COc1ccc2cc(-c3cccc(OC(F)(F)F)c3)ccc2c1. The third-order valence-electron chi connectivity index (χ3n) is 6.14. The molecule has 0 spiro atoms. The van der Waals surface area contributed by atoms with Crippen LogP contribution in [0, 0.1) is 0 Å². The number of nitrogens with zero attached hydrogens (tertiary/aromatic N) is 1. The quantitative estimate of drug-likeness (QED) is 0.186. The van der Waals surface area contributed by atoms with Crippen LogP contribution < -0.4 is 9.47 Å². The summed E-state index contributed by atoms with van der Waals surface area (Å²) in [6.07, 6.45) is -3.20. The Bertz CT molecular complexity index is 1610. The summed E-state index contributed by atoms with van der Waals surface area (Å²) in [5.41, 5.74) is 3.31. The van der Waals surface area contributed by atoms with E-state index >= 15 is 0 Å². The Kier molecular flexibility index (Phi) is 7.73. The minimum atomic E-state index is -4.75. The molecule has 0 fully saturated rings. The number of hydrogen-bond acceptors (Lipinski definition) is 4. The molecule has 200 valence electrons. The lowest BCUT2D eigenvalue weighted by atomic mass is 10.0. The topological polar surface area (TPSA) is 44.5 Å². The first kappa shape index (κ1) is 26.9. The molecule has 0 aliphatic carbocycles. The van der Waals surface area contributed by atoms with Crippen molar-refractivity contribution in [2.24, 2.45) is 0 Å². The van der Waals surface area contributed by atoms with E-state index in [1.54, 1.807) is 24.3 Å². The van der Waals surface area contributed by atoms with Gasteiger partial charge in [0.25, 0.3) is 0 Å². The van der Waals surface area contributed by atoms with Gasteiger partial charge in [-0.2, -0.15) is 0 Å². The molecule has 4 nitrogen and oxygen atoms in total. The van der Waals surface area contributed by atoms with E-state index in [0.29, 0.717) is 44.8 Å². The van der Waals surface area contributed by atoms with Crippen LogP contribution in [0.4, 0.5) is 13.2 Å². The number of aryl methyl sites for hydroxylation is 1. The van der Waals surface area contributed by atoms with Crippen LogP contribution in [0.15, 0.2) is 83.4 Å². The van der Waals surface area contributed by atoms with Crippen molar-refractivity contribution in [2.75, 3.05) is 0 Å². The molecule has 0 saturated carbocycles. The Balaban J connectivity index is 1.39. The summed E-state index contributed by atoms with van der Waals surface area (Å²) in [7, 11) is 0. The van der Waals surface area contributed by atoms with Gasteiger partial charge in [0, 0.05) is 12.0 Å². The van der Waals surface area contributed by atoms with Crippen molar-refractivity contribution in [1.29, 1.82) is 0 Å². The summed E-state index contributed by atoms with van der Waals surface area (Å²) in [6, 6.07) is 22.4. The van der Waals surface area contributed by atoms with E-state index in [-0.39, 0.29) is 12.4 Å². The number of halogens is 5. The van der Waals surface area contributed by atoms with Gasteiger partial charge in [-0.15, -0.1) is 13.2 Å². The van der Waals surface area contributed by atoms with Crippen molar-refractivity contribution in [1.82, 2.24) is 5.16 Å². The van der Waals surface area contributed by atoms with Crippen LogP contribution in [0.5, 0.6) is 11.5 Å². The van der Waals surface area contributed by atoms with Crippen molar-refractivity contribution >= 4 is 34.0 Å². The van der Waals surface area contributed by atoms with E-state index in [9.17, 15) is 13.2 Å². The maximum Gasteiger partial charge on any atom is 0.573 e. The zero-order valence-corrected chi connectivity index (χ0v) is 22.2. The van der Waals surface area contributed by atoms with Gasteiger partial charge in [-0.3, -0.25) is 0 Å². The third kappa shape index (κ3) is 6.15. The first-order chi connectivity index (χ1) is 18.7. The maximum absolute atomic E-state index is 12.6. The van der Waals surface area contributed by atoms with E-state index in [1.165, 1.54) is 18.2 Å². The van der Waals surface area contributed by atoms with Gasteiger partial charge in [0.05, 0.1) is 15.6 Å². The number of benzene rings is 4. The Morgan fingerprint density at radius 3 is 2.26 bits per heavy atom. The van der Waals surface area contributed by atoms with Gasteiger partial charge in [-0.25, -0.2) is 0 Å². The fourth-order valence-corrected chi connectivity index (χ4v) is 4.93. The van der Waals surface area contributed by atoms with Gasteiger partial charge in [-0.1, -0.05) is 71.7 Å². The summed E-state index contributed by atoms with van der Waals surface area (Å²) in [5.74, 6) is 1.08. The van der Waals surface area contributed by atoms with Gasteiger partial charge >= 0.3 is 6.36 Å². The minimum Gasteiger partial charge on any atom is -0.489 e. The molecule has 0 radical (unpaired) electrons. The summed E-state index contributed by atoms with van der Waals surface area (Å²) in [5, 5.41) is 7.01. The Morgan fingerprint density at radius 2 is 1.51 bits per heavy atom. The molecule has 1 aromatic heterocycles. The van der Waals surface area contributed by atoms with Crippen LogP contribution in [0.2, 0.25) is 10.0 Å². The molecule has 0 atom stereocenters. The van der Waals surface area contributed by atoms with E-state index in [4.69, 9.17) is 32.5 Å². The number of hydrogen-bond donors (Lipinski definition) is 0. The molecule has 0 bridgehead atoms. The Morgan fingerprint density at radius 1 is 0.821 bits per heavy atom. The fourth-order valence-electron chi connectivity index (χ4n) is 4.36. The fraction of sp³-hybridized carbons (Fsp3) is 0.167. The van der Waals surface area contributed by atoms with Crippen molar-refractivity contribution in [3.05, 3.63) is 100 Å². The van der Waals surface area contributed by atoms with E-state index in [2.05, 4.69) is 9.89 Å². The van der Waals surface area contributed by atoms with E-state index in [1.807, 2.05) is 43.3 Å². The molecule has 4 aromatic carbocycles. The molecule has 0 aliphatic rings. The number of ether oxygens (including phenoxy) is 2. The zero-order valence-electron chi connectivity index (χ0n) is 20.7. The normalized spacial score (nSPS) is 11.6. The summed E-state index contributed by atoms with van der Waals surface area (Å²) >= 11 is 12.9. The molecule has 39 heavy (non-hydrogen) atoms. The largest absolute Gasteiger partial charge is 0.573 e. The highest BCUT2D eigenvalue weighted by Gasteiger charge is 2.31. The standard InChI is InChI=1S/C30H22Cl2F3NO3/c1-2-5-27-24(29(36-39-27)28-25(31)8-4-9-26(28)32)17-37-22-13-12-20-14-19(10-11-21(20)15-22)18-6-3-7-23(16-18)38-30(33,34)35/h3-4,6-16H,2,5,17H2,1H3. The highest BCUT2D eigenvalue weighted by molar-refractivity contribution is 6.39. The van der Waals surface area contributed by atoms with Gasteiger partial charge in [0.2, 0.25) is 0 Å². The molecular weight excluding hydrogens is 550 g/mol. The molecule has 0 amide bonds. The summed E-state index contributed by atoms with van der Waals surface area (Å²) in [6.45, 7) is 2.25. The van der Waals surface area contributed by atoms with Crippen LogP contribution in [0.1, 0.15) is 24.7 Å². The average Bonchev–Trinajstić information content (AvgIpc) is 3.28. The van der Waals surface area contributed by atoms with Crippen LogP contribution in [-0.4, -0.2) is 11.5 Å². The predicted molar refractivity (Wildman–Crippen MR) is 146 cm³/mol. The van der Waals surface area contributed by atoms with Crippen molar-refractivity contribution in [3.63, 3.8) is 0 Å². The third-order valence-corrected chi connectivity index (χ3v) is 6.77. The maximum atomic E-state index is 12.6. The lowest BCUT2D eigenvalue weighted by Crippen LogP contribution is -2.17. The van der Waals surface area contributed by atoms with Crippen LogP contribution in [0.3, 0.4) is 0 Å². The molecule has 0 aliphatic heterocycles. The van der Waals surface area contributed by atoms with Crippen molar-refractivity contribution in [3.8, 4) is 33.9 Å². The number of alkyl halides is 3. The van der Waals surface area contributed by atoms with Gasteiger partial charge in [0.15, 0.2) is 0 Å². The Hall–Kier alpha value is -3.68. The van der Waals surface area contributed by atoms with Crippen LogP contribution in [0.25, 0.3) is 33.2 Å². The monoisotopic (exact) mass is 571 g/mol. The average molecular weight is 572 g/mol. The number of aromatic nitrogens is 1. The Labute approximate surface area is 232 Å². The second-order valence-electron chi connectivity index (χ2n) is 8.87. The van der Waals surface area contributed by atoms with Crippen molar-refractivity contribution < 1.29 is 27.2 Å². The summed E-state index contributed by atoms with van der Waals surface area (Å²) in [4.78, 5) is 0. The van der Waals surface area contributed by atoms with Gasteiger partial charge < -0.3 is 14.0 Å². The lowest BCUT2D eigenvalue weighted by Gasteiger charge is -2.12. The smallest absolute Gasteiger partial charge is 0.489 e.